The van der Waals surface area contributed by atoms with E-state index in [1.165, 1.54) is 32.1 Å². The fourth-order valence-corrected chi connectivity index (χ4v) is 10.2. The van der Waals surface area contributed by atoms with Crippen LogP contribution in [-0.4, -0.2) is 71.9 Å². The monoisotopic (exact) mass is 513 g/mol. The summed E-state index contributed by atoms with van der Waals surface area (Å²) < 4.78 is 12.9. The molecule has 37 heavy (non-hydrogen) atoms. The molecule has 2 N–H and O–H groups in total. The molecule has 2 saturated carbocycles. The van der Waals surface area contributed by atoms with Crippen LogP contribution >= 0.6 is 0 Å². The van der Waals surface area contributed by atoms with Crippen molar-refractivity contribution in [1.82, 2.24) is 4.90 Å². The Balaban J connectivity index is 1.22. The summed E-state index contributed by atoms with van der Waals surface area (Å²) in [5, 5.41) is 19.4. The van der Waals surface area contributed by atoms with Crippen LogP contribution in [0, 0.1) is 35.0 Å². The molecule has 6 aliphatic rings. The minimum absolute atomic E-state index is 0.0327. The summed E-state index contributed by atoms with van der Waals surface area (Å²) in [6, 6.07) is 0.477. The van der Waals surface area contributed by atoms with E-state index in [1.54, 1.807) is 16.7 Å². The highest BCUT2D eigenvalue weighted by atomic mass is 16.5. The normalized spacial score (nSPS) is 47.8. The lowest BCUT2D eigenvalue weighted by Crippen LogP contribution is -2.52. The van der Waals surface area contributed by atoms with E-state index < -0.39 is 0 Å². The molecule has 0 bridgehead atoms. The van der Waals surface area contributed by atoms with Crippen molar-refractivity contribution in [1.29, 1.82) is 0 Å². The van der Waals surface area contributed by atoms with Gasteiger partial charge in [0.1, 0.15) is 0 Å². The van der Waals surface area contributed by atoms with Gasteiger partial charge < -0.3 is 19.7 Å². The van der Waals surface area contributed by atoms with Crippen LogP contribution < -0.4 is 0 Å². The highest BCUT2D eigenvalue weighted by Crippen LogP contribution is 2.63. The summed E-state index contributed by atoms with van der Waals surface area (Å²) in [5.74, 6) is 3.39. The molecule has 2 heterocycles. The van der Waals surface area contributed by atoms with Crippen LogP contribution in [0.4, 0.5) is 0 Å². The van der Waals surface area contributed by atoms with Crippen molar-refractivity contribution in [2.45, 2.75) is 109 Å². The maximum Gasteiger partial charge on any atom is 0.0765 e. The molecular weight excluding hydrogens is 462 g/mol. The van der Waals surface area contributed by atoms with Gasteiger partial charge >= 0.3 is 0 Å². The quantitative estimate of drug-likeness (QED) is 0.395. The van der Waals surface area contributed by atoms with Crippen LogP contribution in [0.15, 0.2) is 22.8 Å². The third-order valence-electron chi connectivity index (χ3n) is 12.0. The number of fused-ring (bicyclic) bond motifs is 6. The summed E-state index contributed by atoms with van der Waals surface area (Å²) in [4.78, 5) is 2.66. The summed E-state index contributed by atoms with van der Waals surface area (Å²) in [5.41, 5.74) is 5.24. The van der Waals surface area contributed by atoms with Crippen LogP contribution in [0.25, 0.3) is 0 Å². The zero-order valence-corrected chi connectivity index (χ0v) is 23.8. The van der Waals surface area contributed by atoms with Gasteiger partial charge in [-0.15, -0.1) is 0 Å². The molecule has 6 rings (SSSR count). The molecule has 0 aromatic carbocycles. The molecule has 0 radical (unpaired) electrons. The predicted molar refractivity (Wildman–Crippen MR) is 146 cm³/mol. The second kappa shape index (κ2) is 10.0. The topological polar surface area (TPSA) is 62.2 Å². The summed E-state index contributed by atoms with van der Waals surface area (Å²) >= 11 is 0. The average molecular weight is 514 g/mol. The van der Waals surface area contributed by atoms with E-state index in [1.807, 2.05) is 0 Å². The second-order valence-electron chi connectivity index (χ2n) is 14.1. The van der Waals surface area contributed by atoms with Crippen LogP contribution in [0.1, 0.15) is 85.5 Å². The highest BCUT2D eigenvalue weighted by molar-refractivity contribution is 5.34. The van der Waals surface area contributed by atoms with Gasteiger partial charge in [-0.25, -0.2) is 0 Å². The Kier molecular flexibility index (Phi) is 7.19. The summed E-state index contributed by atoms with van der Waals surface area (Å²) in [6.07, 6.45) is 13.0. The predicted octanol–water partition coefficient (Wildman–Crippen LogP) is 5.11. The SMILES string of the molecule is CC1=C2CC3C(CC=C4CC(O)CCC43C)C2CCC2(C1)OC1CC(C)CN(CCOCCO)C1C2C. The Bertz CT molecular complexity index is 930. The van der Waals surface area contributed by atoms with Gasteiger partial charge in [-0.3, -0.25) is 4.90 Å². The Morgan fingerprint density at radius 1 is 1.16 bits per heavy atom. The average Bonchev–Trinajstić information content (AvgIpc) is 3.32. The maximum absolute atomic E-state index is 10.3. The molecule has 5 heteroatoms. The van der Waals surface area contributed by atoms with Crippen molar-refractivity contribution in [2.24, 2.45) is 35.0 Å². The first-order chi connectivity index (χ1) is 17.8. The Hall–Kier alpha value is -0.720. The van der Waals surface area contributed by atoms with E-state index in [0.29, 0.717) is 48.5 Å². The first-order valence-corrected chi connectivity index (χ1v) is 15.4. The van der Waals surface area contributed by atoms with Gasteiger partial charge in [0, 0.05) is 25.0 Å². The van der Waals surface area contributed by atoms with Gasteiger partial charge in [-0.2, -0.15) is 0 Å². The fourth-order valence-electron chi connectivity index (χ4n) is 10.2. The van der Waals surface area contributed by atoms with Crippen molar-refractivity contribution in [3.8, 4) is 0 Å². The number of aliphatic hydroxyl groups is 2. The van der Waals surface area contributed by atoms with Gasteiger partial charge in [-0.05, 0) is 93.8 Å². The minimum atomic E-state index is -0.128. The van der Waals surface area contributed by atoms with Crippen LogP contribution in [0.3, 0.4) is 0 Å². The number of rotatable bonds is 5. The highest BCUT2D eigenvalue weighted by Gasteiger charge is 2.59. The lowest BCUT2D eigenvalue weighted by atomic mass is 9.56. The third-order valence-corrected chi connectivity index (χ3v) is 12.0. The smallest absolute Gasteiger partial charge is 0.0765 e. The molecule has 4 fully saturated rings. The molecule has 4 aliphatic carbocycles. The molecule has 0 amide bonds. The van der Waals surface area contributed by atoms with Crippen molar-refractivity contribution in [3.05, 3.63) is 22.8 Å². The lowest BCUT2D eigenvalue weighted by molar-refractivity contribution is -0.0805. The number of hydrogen-bond acceptors (Lipinski definition) is 5. The van der Waals surface area contributed by atoms with E-state index in [2.05, 4.69) is 38.7 Å². The van der Waals surface area contributed by atoms with Crippen LogP contribution in [-0.2, 0) is 9.47 Å². The van der Waals surface area contributed by atoms with E-state index in [-0.39, 0.29) is 18.3 Å². The molecule has 0 aromatic heterocycles. The van der Waals surface area contributed by atoms with E-state index >= 15 is 0 Å². The van der Waals surface area contributed by atoms with Crippen LogP contribution in [0.5, 0.6) is 0 Å². The number of aliphatic hydroxyl groups excluding tert-OH is 2. The molecule has 1 spiro atoms. The van der Waals surface area contributed by atoms with E-state index in [9.17, 15) is 5.11 Å². The van der Waals surface area contributed by atoms with Crippen molar-refractivity contribution in [3.63, 3.8) is 0 Å². The zero-order valence-electron chi connectivity index (χ0n) is 23.8. The first-order valence-electron chi connectivity index (χ1n) is 15.4. The number of likely N-dealkylation sites (tertiary alicyclic amines) is 1. The Morgan fingerprint density at radius 3 is 2.81 bits per heavy atom. The molecule has 5 nitrogen and oxygen atoms in total. The number of ether oxygens (including phenoxy) is 2. The minimum Gasteiger partial charge on any atom is -0.394 e. The molecular formula is C32H51NO4. The molecule has 10 atom stereocenters. The summed E-state index contributed by atoms with van der Waals surface area (Å²) in [7, 11) is 0. The molecule has 208 valence electrons. The van der Waals surface area contributed by atoms with E-state index in [4.69, 9.17) is 14.6 Å². The molecule has 0 aromatic rings. The Morgan fingerprint density at radius 2 is 2.00 bits per heavy atom. The maximum atomic E-state index is 10.3. The molecule has 2 aliphatic heterocycles. The standard InChI is InChI=1S/C32H51NO4/c1-20-15-29-30(33(19-20)11-13-36-14-12-34)22(3)32(37-29)10-8-25-26-6-5-23-16-24(35)7-9-31(23,4)28(26)17-27(25)21(2)18-32/h5,20,22,24-26,28-30,34-35H,6-19H2,1-4H3. The van der Waals surface area contributed by atoms with Gasteiger partial charge in [0.15, 0.2) is 0 Å². The van der Waals surface area contributed by atoms with Gasteiger partial charge in [0.05, 0.1) is 37.6 Å². The number of piperidine rings is 1. The number of hydrogen-bond donors (Lipinski definition) is 2. The second-order valence-corrected chi connectivity index (χ2v) is 14.1. The van der Waals surface area contributed by atoms with Gasteiger partial charge in [0.2, 0.25) is 0 Å². The number of allylic oxidation sites excluding steroid dienone is 2. The lowest BCUT2D eigenvalue weighted by Gasteiger charge is -2.49. The van der Waals surface area contributed by atoms with Crippen molar-refractivity contribution < 1.29 is 19.7 Å². The first kappa shape index (κ1) is 26.5. The van der Waals surface area contributed by atoms with Crippen LogP contribution in [0.2, 0.25) is 0 Å². The largest absolute Gasteiger partial charge is 0.394 e. The number of nitrogens with zero attached hydrogens (tertiary/aromatic N) is 1. The zero-order chi connectivity index (χ0) is 25.9. The third kappa shape index (κ3) is 4.40. The molecule has 2 saturated heterocycles. The van der Waals surface area contributed by atoms with Gasteiger partial charge in [0.25, 0.3) is 0 Å². The van der Waals surface area contributed by atoms with Crippen molar-refractivity contribution in [2.75, 3.05) is 32.9 Å². The Labute approximate surface area is 224 Å². The van der Waals surface area contributed by atoms with E-state index in [0.717, 1.165) is 50.6 Å². The van der Waals surface area contributed by atoms with Crippen molar-refractivity contribution >= 4 is 0 Å². The fraction of sp³-hybridized carbons (Fsp3) is 0.875. The van der Waals surface area contributed by atoms with Gasteiger partial charge in [-0.1, -0.05) is 43.6 Å². The molecule has 10 unspecified atom stereocenters. The summed E-state index contributed by atoms with van der Waals surface area (Å²) in [6.45, 7) is 13.1.